The molecule has 1 aliphatic rings. The van der Waals surface area contributed by atoms with Crippen LogP contribution >= 0.6 is 23.5 Å². The van der Waals surface area contributed by atoms with Crippen LogP contribution in [0.4, 0.5) is 0 Å². The van der Waals surface area contributed by atoms with E-state index >= 15 is 0 Å². The summed E-state index contributed by atoms with van der Waals surface area (Å²) in [6.07, 6.45) is 0. The Balaban J connectivity index is 2.49. The normalized spacial score (nSPS) is 19.4. The number of aliphatic carboxylic acids is 1. The maximum Gasteiger partial charge on any atom is 0.322 e. The molecule has 0 aromatic heterocycles. The Kier molecular flexibility index (Phi) is 4.17. The van der Waals surface area contributed by atoms with Gasteiger partial charge in [0.1, 0.15) is 6.61 Å². The number of carbonyl (C=O) groups excluding carboxylic acids is 1. The van der Waals surface area contributed by atoms with E-state index in [2.05, 4.69) is 0 Å². The third-order valence-electron chi connectivity index (χ3n) is 2.41. The lowest BCUT2D eigenvalue weighted by Gasteiger charge is -2.24. The molecule has 1 aliphatic heterocycles. The second kappa shape index (κ2) is 4.87. The van der Waals surface area contributed by atoms with Crippen LogP contribution in [0.5, 0.6) is 0 Å². The standard InChI is InChI=1S/C10H16O4S2/c1-9(2,7(11)12)8(13)14-6-10(3)15-4-5-16-10/h4-6H2,1-3H3,(H,11,12). The number of carboxylic acids is 1. The molecule has 0 unspecified atom stereocenters. The second-order valence-corrected chi connectivity index (χ2v) is 7.79. The molecule has 1 N–H and O–H groups in total. The molecule has 0 bridgehead atoms. The van der Waals surface area contributed by atoms with Crippen molar-refractivity contribution < 1.29 is 19.4 Å². The van der Waals surface area contributed by atoms with Crippen LogP contribution < -0.4 is 0 Å². The number of ether oxygens (including phenoxy) is 1. The topological polar surface area (TPSA) is 63.6 Å². The molecule has 0 amide bonds. The van der Waals surface area contributed by atoms with Gasteiger partial charge in [0, 0.05) is 11.5 Å². The molecule has 0 aromatic carbocycles. The van der Waals surface area contributed by atoms with Crippen molar-refractivity contribution in [2.45, 2.75) is 24.9 Å². The predicted octanol–water partition coefficient (Wildman–Crippen LogP) is 1.84. The maximum atomic E-state index is 11.6. The SMILES string of the molecule is CC1(COC(=O)C(C)(C)C(=O)O)SCCS1. The molecule has 1 saturated heterocycles. The van der Waals surface area contributed by atoms with E-state index in [9.17, 15) is 9.59 Å². The fourth-order valence-corrected chi connectivity index (χ4v) is 3.75. The van der Waals surface area contributed by atoms with Crippen LogP contribution in [0.1, 0.15) is 20.8 Å². The molecule has 1 heterocycles. The van der Waals surface area contributed by atoms with Crippen LogP contribution in [0.25, 0.3) is 0 Å². The highest BCUT2D eigenvalue weighted by atomic mass is 32.2. The minimum absolute atomic E-state index is 0.121. The molecule has 0 spiro atoms. The van der Waals surface area contributed by atoms with Gasteiger partial charge in [-0.3, -0.25) is 9.59 Å². The molecular formula is C10H16O4S2. The van der Waals surface area contributed by atoms with Crippen LogP contribution in [0.3, 0.4) is 0 Å². The first-order valence-electron chi connectivity index (χ1n) is 4.96. The number of carboxylic acid groups (broad SMARTS) is 1. The molecule has 6 heteroatoms. The van der Waals surface area contributed by atoms with Crippen LogP contribution in [-0.4, -0.2) is 39.2 Å². The van der Waals surface area contributed by atoms with Gasteiger partial charge in [0.25, 0.3) is 0 Å². The molecule has 1 rings (SSSR count). The third kappa shape index (κ3) is 3.07. The Labute approximate surface area is 103 Å². The van der Waals surface area contributed by atoms with Gasteiger partial charge in [-0.1, -0.05) is 0 Å². The molecule has 0 saturated carbocycles. The Morgan fingerprint density at radius 1 is 1.38 bits per heavy atom. The first-order chi connectivity index (χ1) is 7.28. The van der Waals surface area contributed by atoms with E-state index in [0.717, 1.165) is 11.5 Å². The summed E-state index contributed by atoms with van der Waals surface area (Å²) in [5.74, 6) is 0.255. The Bertz CT molecular complexity index is 295. The molecule has 0 aliphatic carbocycles. The zero-order chi connectivity index (χ0) is 12.4. The van der Waals surface area contributed by atoms with Crippen molar-refractivity contribution in [3.8, 4) is 0 Å². The first kappa shape index (κ1) is 13.7. The van der Waals surface area contributed by atoms with E-state index in [1.165, 1.54) is 13.8 Å². The van der Waals surface area contributed by atoms with Gasteiger partial charge in [0.15, 0.2) is 5.41 Å². The second-order valence-electron chi connectivity index (χ2n) is 4.34. The average Bonchev–Trinajstić information content (AvgIpc) is 2.62. The Morgan fingerprint density at radius 2 is 1.88 bits per heavy atom. The van der Waals surface area contributed by atoms with Crippen LogP contribution in [0.15, 0.2) is 0 Å². The molecule has 92 valence electrons. The highest BCUT2D eigenvalue weighted by Gasteiger charge is 2.40. The Morgan fingerprint density at radius 3 is 2.31 bits per heavy atom. The summed E-state index contributed by atoms with van der Waals surface area (Å²) in [6, 6.07) is 0. The smallest absolute Gasteiger partial charge is 0.322 e. The van der Waals surface area contributed by atoms with Gasteiger partial charge < -0.3 is 9.84 Å². The molecule has 1 fully saturated rings. The molecule has 0 aromatic rings. The van der Waals surface area contributed by atoms with Crippen molar-refractivity contribution in [3.63, 3.8) is 0 Å². The zero-order valence-electron chi connectivity index (χ0n) is 9.61. The summed E-state index contributed by atoms with van der Waals surface area (Å²) < 4.78 is 4.97. The van der Waals surface area contributed by atoms with E-state index in [1.807, 2.05) is 6.92 Å². The third-order valence-corrected chi connectivity index (χ3v) is 5.65. The van der Waals surface area contributed by atoms with E-state index in [1.54, 1.807) is 23.5 Å². The summed E-state index contributed by atoms with van der Waals surface area (Å²) >= 11 is 3.49. The zero-order valence-corrected chi connectivity index (χ0v) is 11.2. The molecule has 4 nitrogen and oxygen atoms in total. The van der Waals surface area contributed by atoms with E-state index in [4.69, 9.17) is 9.84 Å². The number of carbonyl (C=O) groups is 2. The van der Waals surface area contributed by atoms with Crippen LogP contribution in [-0.2, 0) is 14.3 Å². The van der Waals surface area contributed by atoms with E-state index < -0.39 is 17.4 Å². The van der Waals surface area contributed by atoms with Gasteiger partial charge in [-0.15, -0.1) is 23.5 Å². The van der Waals surface area contributed by atoms with Gasteiger partial charge in [-0.05, 0) is 20.8 Å². The van der Waals surface area contributed by atoms with Crippen LogP contribution in [0.2, 0.25) is 0 Å². The van der Waals surface area contributed by atoms with Crippen molar-refractivity contribution in [1.29, 1.82) is 0 Å². The molecule has 0 atom stereocenters. The minimum atomic E-state index is -1.47. The van der Waals surface area contributed by atoms with Gasteiger partial charge in [-0.25, -0.2) is 0 Å². The largest absolute Gasteiger partial charge is 0.480 e. The summed E-state index contributed by atoms with van der Waals surface area (Å²) in [4.78, 5) is 22.4. The van der Waals surface area contributed by atoms with Gasteiger partial charge in [0.05, 0.1) is 4.08 Å². The van der Waals surface area contributed by atoms with Crippen molar-refractivity contribution in [2.75, 3.05) is 18.1 Å². The van der Waals surface area contributed by atoms with E-state index in [-0.39, 0.29) is 10.7 Å². The maximum absolute atomic E-state index is 11.6. The molecular weight excluding hydrogens is 248 g/mol. The van der Waals surface area contributed by atoms with Crippen LogP contribution in [0, 0.1) is 5.41 Å². The highest BCUT2D eigenvalue weighted by molar-refractivity contribution is 8.21. The lowest BCUT2D eigenvalue weighted by molar-refractivity contribution is -0.166. The summed E-state index contributed by atoms with van der Waals surface area (Å²) in [5.41, 5.74) is -1.47. The molecule has 0 radical (unpaired) electrons. The average molecular weight is 264 g/mol. The molecule has 16 heavy (non-hydrogen) atoms. The predicted molar refractivity (Wildman–Crippen MR) is 65.7 cm³/mol. The monoisotopic (exact) mass is 264 g/mol. The van der Waals surface area contributed by atoms with Crippen molar-refractivity contribution >= 4 is 35.5 Å². The number of esters is 1. The highest BCUT2D eigenvalue weighted by Crippen LogP contribution is 2.43. The summed E-state index contributed by atoms with van der Waals surface area (Å²) in [6.45, 7) is 4.98. The lowest BCUT2D eigenvalue weighted by Crippen LogP contribution is -2.37. The van der Waals surface area contributed by atoms with Crippen molar-refractivity contribution in [2.24, 2.45) is 5.41 Å². The fraction of sp³-hybridized carbons (Fsp3) is 0.800. The number of hydrogen-bond acceptors (Lipinski definition) is 5. The number of hydrogen-bond donors (Lipinski definition) is 1. The lowest BCUT2D eigenvalue weighted by atomic mass is 9.94. The number of thioether (sulfide) groups is 2. The van der Waals surface area contributed by atoms with Gasteiger partial charge >= 0.3 is 11.9 Å². The summed E-state index contributed by atoms with van der Waals surface area (Å²) in [5, 5.41) is 8.86. The quantitative estimate of drug-likeness (QED) is 0.617. The summed E-state index contributed by atoms with van der Waals surface area (Å²) in [7, 11) is 0. The number of rotatable bonds is 4. The Hall–Kier alpha value is -0.360. The first-order valence-corrected chi connectivity index (χ1v) is 6.94. The van der Waals surface area contributed by atoms with Crippen molar-refractivity contribution in [1.82, 2.24) is 0 Å². The van der Waals surface area contributed by atoms with E-state index in [0.29, 0.717) is 0 Å². The van der Waals surface area contributed by atoms with Crippen molar-refractivity contribution in [3.05, 3.63) is 0 Å². The minimum Gasteiger partial charge on any atom is -0.480 e. The van der Waals surface area contributed by atoms with Gasteiger partial charge in [0.2, 0.25) is 0 Å². The fourth-order valence-electron chi connectivity index (χ4n) is 1.10. The van der Waals surface area contributed by atoms with Gasteiger partial charge in [-0.2, -0.15) is 0 Å².